The Kier molecular flexibility index (Phi) is 7.81. The van der Waals surface area contributed by atoms with Gasteiger partial charge >= 0.3 is 5.97 Å². The zero-order valence-corrected chi connectivity index (χ0v) is 10.6. The van der Waals surface area contributed by atoms with Crippen LogP contribution in [0.15, 0.2) is 0 Å². The van der Waals surface area contributed by atoms with Crippen LogP contribution in [0.25, 0.3) is 0 Å². The Hall–Kier alpha value is -0.900. The van der Waals surface area contributed by atoms with Crippen LogP contribution in [0.2, 0.25) is 0 Å². The van der Waals surface area contributed by atoms with Crippen LogP contribution in [-0.2, 0) is 19.1 Å². The van der Waals surface area contributed by atoms with Crippen LogP contribution in [0.5, 0.6) is 0 Å². The van der Waals surface area contributed by atoms with E-state index in [4.69, 9.17) is 9.47 Å². The maximum atomic E-state index is 11.3. The number of carbonyl (C=O) groups is 2. The summed E-state index contributed by atoms with van der Waals surface area (Å²) < 4.78 is 10.3. The second-order valence-electron chi connectivity index (χ2n) is 4.17. The Balaban J connectivity index is 3.74. The molecule has 0 aromatic heterocycles. The molecule has 0 rings (SSSR count). The van der Waals surface area contributed by atoms with Crippen molar-refractivity contribution < 1.29 is 19.1 Å². The Morgan fingerprint density at radius 1 is 1.19 bits per heavy atom. The molecule has 16 heavy (non-hydrogen) atoms. The third-order valence-corrected chi connectivity index (χ3v) is 2.00. The van der Waals surface area contributed by atoms with Gasteiger partial charge in [-0.1, -0.05) is 20.8 Å². The van der Waals surface area contributed by atoms with Gasteiger partial charge in [0.15, 0.2) is 0 Å². The van der Waals surface area contributed by atoms with E-state index in [1.165, 1.54) is 0 Å². The van der Waals surface area contributed by atoms with E-state index in [1.807, 2.05) is 6.92 Å². The molecule has 1 unspecified atom stereocenters. The van der Waals surface area contributed by atoms with Crippen LogP contribution < -0.4 is 0 Å². The predicted octanol–water partition coefficient (Wildman–Crippen LogP) is 1.96. The van der Waals surface area contributed by atoms with Gasteiger partial charge in [0.25, 0.3) is 0 Å². The molecule has 4 heteroatoms. The maximum Gasteiger partial charge on any atom is 0.313 e. The molecule has 0 saturated heterocycles. The summed E-state index contributed by atoms with van der Waals surface area (Å²) >= 11 is 0. The number of ether oxygens (including phenoxy) is 2. The predicted molar refractivity (Wildman–Crippen MR) is 61.1 cm³/mol. The van der Waals surface area contributed by atoms with Crippen molar-refractivity contribution >= 4 is 11.8 Å². The second-order valence-corrected chi connectivity index (χ2v) is 4.17. The number of esters is 1. The van der Waals surface area contributed by atoms with E-state index in [0.29, 0.717) is 13.2 Å². The molecule has 0 aromatic rings. The zero-order chi connectivity index (χ0) is 12.6. The fraction of sp³-hybridized carbons (Fsp3) is 0.833. The lowest BCUT2D eigenvalue weighted by Gasteiger charge is -2.13. The third kappa shape index (κ3) is 7.40. The molecular formula is C12H22O4. The number of rotatable bonds is 8. The SMILES string of the molecule is CCCOCC(C)OC(=O)CC(=O)C(C)C. The lowest BCUT2D eigenvalue weighted by Crippen LogP contribution is -2.23. The third-order valence-electron chi connectivity index (χ3n) is 2.00. The van der Waals surface area contributed by atoms with E-state index < -0.39 is 5.97 Å². The highest BCUT2D eigenvalue weighted by Crippen LogP contribution is 2.02. The molecule has 0 saturated carbocycles. The van der Waals surface area contributed by atoms with Gasteiger partial charge in [0.2, 0.25) is 0 Å². The van der Waals surface area contributed by atoms with Crippen molar-refractivity contribution in [1.29, 1.82) is 0 Å². The normalized spacial score (nSPS) is 12.6. The molecule has 0 amide bonds. The molecule has 4 nitrogen and oxygen atoms in total. The molecule has 0 aliphatic heterocycles. The number of hydrogen-bond acceptors (Lipinski definition) is 4. The highest BCUT2D eigenvalue weighted by atomic mass is 16.6. The molecule has 0 aromatic carbocycles. The average Bonchev–Trinajstić information content (AvgIpc) is 2.17. The van der Waals surface area contributed by atoms with Crippen LogP contribution in [0, 0.1) is 5.92 Å². The first-order chi connectivity index (χ1) is 7.47. The molecule has 0 heterocycles. The molecule has 94 valence electrons. The molecule has 0 aliphatic rings. The van der Waals surface area contributed by atoms with Crippen LogP contribution in [0.4, 0.5) is 0 Å². The smallest absolute Gasteiger partial charge is 0.313 e. The summed E-state index contributed by atoms with van der Waals surface area (Å²) in [7, 11) is 0. The minimum absolute atomic E-state index is 0.0910. The lowest BCUT2D eigenvalue weighted by atomic mass is 10.1. The Labute approximate surface area is 97.3 Å². The fourth-order valence-corrected chi connectivity index (χ4v) is 1.04. The Morgan fingerprint density at radius 3 is 2.31 bits per heavy atom. The minimum atomic E-state index is -0.466. The van der Waals surface area contributed by atoms with Gasteiger partial charge in [0.1, 0.15) is 18.3 Å². The summed E-state index contributed by atoms with van der Waals surface area (Å²) in [6.07, 6.45) is 0.501. The van der Waals surface area contributed by atoms with Gasteiger partial charge in [-0.15, -0.1) is 0 Å². The van der Waals surface area contributed by atoms with Gasteiger partial charge in [-0.3, -0.25) is 9.59 Å². The van der Waals surface area contributed by atoms with Crippen LogP contribution in [-0.4, -0.2) is 31.1 Å². The quantitative estimate of drug-likeness (QED) is 0.363. The van der Waals surface area contributed by atoms with Crippen molar-refractivity contribution in [2.75, 3.05) is 13.2 Å². The van der Waals surface area contributed by atoms with Gasteiger partial charge in [-0.05, 0) is 13.3 Å². The topological polar surface area (TPSA) is 52.6 Å². The molecule has 0 N–H and O–H groups in total. The molecule has 0 radical (unpaired) electrons. The van der Waals surface area contributed by atoms with Crippen LogP contribution >= 0.6 is 0 Å². The summed E-state index contributed by atoms with van der Waals surface area (Å²) in [6, 6.07) is 0. The van der Waals surface area contributed by atoms with Crippen molar-refractivity contribution in [3.8, 4) is 0 Å². The second kappa shape index (κ2) is 8.28. The molecule has 1 atom stereocenters. The van der Waals surface area contributed by atoms with E-state index in [0.717, 1.165) is 6.42 Å². The van der Waals surface area contributed by atoms with Gasteiger partial charge in [-0.25, -0.2) is 0 Å². The van der Waals surface area contributed by atoms with Crippen molar-refractivity contribution in [3.63, 3.8) is 0 Å². The van der Waals surface area contributed by atoms with Crippen molar-refractivity contribution in [1.82, 2.24) is 0 Å². The first-order valence-corrected chi connectivity index (χ1v) is 5.77. The van der Waals surface area contributed by atoms with Crippen molar-refractivity contribution in [3.05, 3.63) is 0 Å². The van der Waals surface area contributed by atoms with Gasteiger partial charge in [0, 0.05) is 12.5 Å². The monoisotopic (exact) mass is 230 g/mol. The van der Waals surface area contributed by atoms with Crippen LogP contribution in [0.3, 0.4) is 0 Å². The average molecular weight is 230 g/mol. The molecule has 0 spiro atoms. The van der Waals surface area contributed by atoms with E-state index in [-0.39, 0.29) is 24.2 Å². The summed E-state index contributed by atoms with van der Waals surface area (Å²) in [6.45, 7) is 8.35. The summed E-state index contributed by atoms with van der Waals surface area (Å²) in [4.78, 5) is 22.6. The van der Waals surface area contributed by atoms with E-state index in [1.54, 1.807) is 20.8 Å². The van der Waals surface area contributed by atoms with Gasteiger partial charge in [0.05, 0.1) is 6.61 Å². The Morgan fingerprint density at radius 2 is 1.81 bits per heavy atom. The summed E-state index contributed by atoms with van der Waals surface area (Å²) in [5.41, 5.74) is 0. The maximum absolute atomic E-state index is 11.3. The fourth-order valence-electron chi connectivity index (χ4n) is 1.04. The van der Waals surface area contributed by atoms with Crippen LogP contribution in [0.1, 0.15) is 40.5 Å². The molecule has 0 aliphatic carbocycles. The number of carbonyl (C=O) groups excluding carboxylic acids is 2. The first kappa shape index (κ1) is 15.1. The minimum Gasteiger partial charge on any atom is -0.460 e. The van der Waals surface area contributed by atoms with Gasteiger partial charge < -0.3 is 9.47 Å². The molecular weight excluding hydrogens is 208 g/mol. The number of Topliss-reactive ketones (excluding diaryl/α,β-unsaturated/α-hetero) is 1. The number of hydrogen-bond donors (Lipinski definition) is 0. The zero-order valence-electron chi connectivity index (χ0n) is 10.6. The first-order valence-electron chi connectivity index (χ1n) is 5.77. The van der Waals surface area contributed by atoms with E-state index in [9.17, 15) is 9.59 Å². The summed E-state index contributed by atoms with van der Waals surface area (Å²) in [5.74, 6) is -0.683. The lowest BCUT2D eigenvalue weighted by molar-refractivity contribution is -0.153. The molecule has 0 fully saturated rings. The highest BCUT2D eigenvalue weighted by molar-refractivity contribution is 5.96. The van der Waals surface area contributed by atoms with E-state index in [2.05, 4.69) is 0 Å². The molecule has 0 bridgehead atoms. The van der Waals surface area contributed by atoms with Crippen molar-refractivity contribution in [2.24, 2.45) is 5.92 Å². The number of ketones is 1. The van der Waals surface area contributed by atoms with Crippen molar-refractivity contribution in [2.45, 2.75) is 46.6 Å². The largest absolute Gasteiger partial charge is 0.460 e. The van der Waals surface area contributed by atoms with Gasteiger partial charge in [-0.2, -0.15) is 0 Å². The summed E-state index contributed by atoms with van der Waals surface area (Å²) in [5, 5.41) is 0. The van der Waals surface area contributed by atoms with E-state index >= 15 is 0 Å². The Bertz CT molecular complexity index is 223. The standard InChI is InChI=1S/C12H22O4/c1-5-6-15-8-10(4)16-12(14)7-11(13)9(2)3/h9-10H,5-8H2,1-4H3. The highest BCUT2D eigenvalue weighted by Gasteiger charge is 2.16.